The number of amides is 2. The molecule has 1 aromatic heterocycles. The van der Waals surface area contributed by atoms with E-state index >= 15 is 0 Å². The van der Waals surface area contributed by atoms with Crippen molar-refractivity contribution in [1.82, 2.24) is 9.80 Å². The van der Waals surface area contributed by atoms with Gasteiger partial charge in [-0.1, -0.05) is 30.3 Å². The number of rotatable bonds is 8. The fourth-order valence-corrected chi connectivity index (χ4v) is 3.37. The van der Waals surface area contributed by atoms with Gasteiger partial charge in [-0.2, -0.15) is 11.3 Å². The summed E-state index contributed by atoms with van der Waals surface area (Å²) in [6.45, 7) is 4.59. The fourth-order valence-electron chi connectivity index (χ4n) is 2.69. The van der Waals surface area contributed by atoms with Crippen LogP contribution in [0, 0.1) is 0 Å². The maximum Gasteiger partial charge on any atom is 0.224 e. The molecule has 0 spiro atoms. The van der Waals surface area contributed by atoms with E-state index in [4.69, 9.17) is 0 Å². The third kappa shape index (κ3) is 6.02. The van der Waals surface area contributed by atoms with E-state index in [1.54, 1.807) is 28.1 Å². The van der Waals surface area contributed by atoms with E-state index in [9.17, 15) is 9.59 Å². The normalized spacial score (nSPS) is 11.8. The zero-order valence-electron chi connectivity index (χ0n) is 15.1. The molecule has 2 amide bonds. The minimum atomic E-state index is -0.00868. The number of carbonyl (C=O) groups is 2. The summed E-state index contributed by atoms with van der Waals surface area (Å²) < 4.78 is 0. The Kier molecular flexibility index (Phi) is 7.19. The van der Waals surface area contributed by atoms with Crippen molar-refractivity contribution in [3.8, 4) is 0 Å². The molecule has 4 nitrogen and oxygen atoms in total. The lowest BCUT2D eigenvalue weighted by atomic mass is 10.1. The summed E-state index contributed by atoms with van der Waals surface area (Å²) in [6, 6.07) is 12.1. The molecule has 134 valence electrons. The van der Waals surface area contributed by atoms with Crippen molar-refractivity contribution in [1.29, 1.82) is 0 Å². The second-order valence-corrected chi connectivity index (χ2v) is 7.15. The van der Waals surface area contributed by atoms with E-state index in [1.807, 2.05) is 37.4 Å². The summed E-state index contributed by atoms with van der Waals surface area (Å²) in [7, 11) is 1.84. The number of thiophene rings is 1. The molecule has 0 fully saturated rings. The molecule has 1 unspecified atom stereocenters. The smallest absolute Gasteiger partial charge is 0.224 e. The van der Waals surface area contributed by atoms with E-state index < -0.39 is 0 Å². The van der Waals surface area contributed by atoms with Crippen LogP contribution >= 0.6 is 11.3 Å². The highest BCUT2D eigenvalue weighted by Crippen LogP contribution is 2.12. The Morgan fingerprint density at radius 2 is 1.84 bits per heavy atom. The molecule has 0 aliphatic rings. The lowest BCUT2D eigenvalue weighted by Gasteiger charge is -2.27. The summed E-state index contributed by atoms with van der Waals surface area (Å²) >= 11 is 1.67. The first kappa shape index (κ1) is 19.2. The molecule has 25 heavy (non-hydrogen) atoms. The molecule has 0 saturated heterocycles. The maximum atomic E-state index is 12.5. The number of nitrogens with zero attached hydrogens (tertiary/aromatic N) is 2. The Hall–Kier alpha value is -2.14. The van der Waals surface area contributed by atoms with Gasteiger partial charge in [0.05, 0.1) is 0 Å². The molecule has 5 heteroatoms. The van der Waals surface area contributed by atoms with Gasteiger partial charge in [-0.15, -0.1) is 0 Å². The molecular formula is C20H26N2O2S. The van der Waals surface area contributed by atoms with Crippen LogP contribution in [0.2, 0.25) is 0 Å². The number of benzene rings is 1. The Morgan fingerprint density at radius 1 is 1.12 bits per heavy atom. The summed E-state index contributed by atoms with van der Waals surface area (Å²) in [5.41, 5.74) is 2.33. The Labute approximate surface area is 154 Å². The summed E-state index contributed by atoms with van der Waals surface area (Å²) in [6.07, 6.45) is 1.20. The maximum absolute atomic E-state index is 12.5. The van der Waals surface area contributed by atoms with Gasteiger partial charge in [-0.05, 0) is 41.3 Å². The van der Waals surface area contributed by atoms with Crippen molar-refractivity contribution < 1.29 is 9.59 Å². The van der Waals surface area contributed by atoms with Gasteiger partial charge < -0.3 is 9.80 Å². The number of hydrogen-bond acceptors (Lipinski definition) is 3. The van der Waals surface area contributed by atoms with Gasteiger partial charge in [0.1, 0.15) is 0 Å². The Morgan fingerprint density at radius 3 is 2.44 bits per heavy atom. The molecule has 0 aliphatic carbocycles. The van der Waals surface area contributed by atoms with Gasteiger partial charge in [0, 0.05) is 39.5 Å². The highest BCUT2D eigenvalue weighted by molar-refractivity contribution is 7.07. The topological polar surface area (TPSA) is 40.6 Å². The van der Waals surface area contributed by atoms with Gasteiger partial charge in [-0.3, -0.25) is 9.59 Å². The number of carbonyl (C=O) groups excluding carboxylic acids is 2. The van der Waals surface area contributed by atoms with E-state index in [0.29, 0.717) is 19.5 Å². The zero-order chi connectivity index (χ0) is 18.2. The van der Waals surface area contributed by atoms with Crippen LogP contribution in [0.25, 0.3) is 0 Å². The third-order valence-electron chi connectivity index (χ3n) is 4.42. The van der Waals surface area contributed by atoms with Crippen LogP contribution in [0.1, 0.15) is 31.4 Å². The monoisotopic (exact) mass is 358 g/mol. The van der Waals surface area contributed by atoms with Crippen molar-refractivity contribution in [2.75, 3.05) is 13.6 Å². The zero-order valence-corrected chi connectivity index (χ0v) is 16.0. The molecule has 0 N–H and O–H groups in total. The molecule has 0 saturated carbocycles. The highest BCUT2D eigenvalue weighted by atomic mass is 32.1. The molecule has 1 atom stereocenters. The fraction of sp³-hybridized carbons (Fsp3) is 0.400. The van der Waals surface area contributed by atoms with Crippen LogP contribution in [0.4, 0.5) is 0 Å². The second-order valence-electron chi connectivity index (χ2n) is 6.37. The standard InChI is InChI=1S/C20H26N2O2S/c1-16(13-19-10-12-25-15-19)21(3)20(24)9-11-22(17(2)23)14-18-7-5-4-6-8-18/h4-8,10,12,15-16H,9,11,13-14H2,1-3H3. The minimum Gasteiger partial charge on any atom is -0.343 e. The average molecular weight is 359 g/mol. The number of likely N-dealkylation sites (N-methyl/N-ethyl adjacent to an activating group) is 1. The Balaban J connectivity index is 1.86. The van der Waals surface area contributed by atoms with Crippen LogP contribution in [-0.4, -0.2) is 41.2 Å². The molecule has 0 aliphatic heterocycles. The van der Waals surface area contributed by atoms with Gasteiger partial charge in [-0.25, -0.2) is 0 Å². The van der Waals surface area contributed by atoms with Crippen molar-refractivity contribution in [3.05, 3.63) is 58.3 Å². The van der Waals surface area contributed by atoms with Crippen molar-refractivity contribution in [3.63, 3.8) is 0 Å². The summed E-state index contributed by atoms with van der Waals surface area (Å²) in [5, 5.41) is 4.17. The predicted molar refractivity (Wildman–Crippen MR) is 102 cm³/mol. The van der Waals surface area contributed by atoms with Gasteiger partial charge in [0.25, 0.3) is 0 Å². The van der Waals surface area contributed by atoms with Crippen LogP contribution in [-0.2, 0) is 22.6 Å². The van der Waals surface area contributed by atoms with Gasteiger partial charge in [0.2, 0.25) is 11.8 Å². The quantitative estimate of drug-likeness (QED) is 0.724. The van der Waals surface area contributed by atoms with Crippen molar-refractivity contribution in [2.24, 2.45) is 0 Å². The predicted octanol–water partition coefficient (Wildman–Crippen LogP) is 3.58. The second kappa shape index (κ2) is 9.37. The van der Waals surface area contributed by atoms with E-state index in [2.05, 4.69) is 23.8 Å². The van der Waals surface area contributed by atoms with Gasteiger partial charge >= 0.3 is 0 Å². The van der Waals surface area contributed by atoms with E-state index in [1.165, 1.54) is 5.56 Å². The summed E-state index contributed by atoms with van der Waals surface area (Å²) in [4.78, 5) is 27.9. The van der Waals surface area contributed by atoms with Crippen molar-refractivity contribution >= 4 is 23.2 Å². The molecule has 0 bridgehead atoms. The van der Waals surface area contributed by atoms with Crippen LogP contribution in [0.3, 0.4) is 0 Å². The third-order valence-corrected chi connectivity index (χ3v) is 5.15. The number of hydrogen-bond donors (Lipinski definition) is 0. The van der Waals surface area contributed by atoms with Crippen LogP contribution in [0.15, 0.2) is 47.2 Å². The van der Waals surface area contributed by atoms with Gasteiger partial charge in [0.15, 0.2) is 0 Å². The first-order chi connectivity index (χ1) is 12.0. The molecule has 2 aromatic rings. The molecule has 2 rings (SSSR count). The Bertz CT molecular complexity index is 670. The highest BCUT2D eigenvalue weighted by Gasteiger charge is 2.18. The van der Waals surface area contributed by atoms with E-state index in [0.717, 1.165) is 12.0 Å². The molecular weight excluding hydrogens is 332 g/mol. The minimum absolute atomic E-state index is 0.00868. The largest absolute Gasteiger partial charge is 0.343 e. The summed E-state index contributed by atoms with van der Waals surface area (Å²) in [5.74, 6) is 0.0627. The molecule has 0 radical (unpaired) electrons. The van der Waals surface area contributed by atoms with Crippen LogP contribution in [0.5, 0.6) is 0 Å². The average Bonchev–Trinajstić information content (AvgIpc) is 3.11. The first-order valence-corrected chi connectivity index (χ1v) is 9.48. The molecule has 1 aromatic carbocycles. The van der Waals surface area contributed by atoms with Crippen LogP contribution < -0.4 is 0 Å². The lowest BCUT2D eigenvalue weighted by Crippen LogP contribution is -2.39. The lowest BCUT2D eigenvalue weighted by molar-refractivity contribution is -0.134. The first-order valence-electron chi connectivity index (χ1n) is 8.53. The van der Waals surface area contributed by atoms with E-state index in [-0.39, 0.29) is 17.9 Å². The SMILES string of the molecule is CC(=O)N(CCC(=O)N(C)C(C)Cc1ccsc1)Cc1ccccc1. The van der Waals surface area contributed by atoms with Crippen molar-refractivity contribution in [2.45, 2.75) is 39.3 Å². The molecule has 1 heterocycles.